The van der Waals surface area contributed by atoms with Crippen molar-refractivity contribution in [3.05, 3.63) is 23.8 Å². The number of methoxy groups -OCH3 is 1. The summed E-state index contributed by atoms with van der Waals surface area (Å²) in [5.74, 6) is 0.910. The van der Waals surface area contributed by atoms with E-state index >= 15 is 0 Å². The van der Waals surface area contributed by atoms with Crippen LogP contribution in [0.2, 0.25) is 0 Å². The van der Waals surface area contributed by atoms with Gasteiger partial charge in [0.05, 0.1) is 19.1 Å². The van der Waals surface area contributed by atoms with Gasteiger partial charge in [-0.05, 0) is 17.9 Å². The van der Waals surface area contributed by atoms with Gasteiger partial charge in [0.25, 0.3) is 0 Å². The molecule has 3 nitrogen and oxygen atoms in total. The number of rotatable bonds is 5. The van der Waals surface area contributed by atoms with E-state index in [0.29, 0.717) is 6.54 Å². The lowest BCUT2D eigenvalue weighted by molar-refractivity contribution is 0.0861. The average Bonchev–Trinajstić information content (AvgIpc) is 2.25. The molecular weight excluding hydrogens is 198 g/mol. The van der Waals surface area contributed by atoms with Crippen molar-refractivity contribution >= 4 is 11.8 Å². The second-order valence-electron chi connectivity index (χ2n) is 2.68. The van der Waals surface area contributed by atoms with Gasteiger partial charge in [-0.1, -0.05) is 12.1 Å². The monoisotopic (exact) mass is 213 g/mol. The van der Waals surface area contributed by atoms with E-state index in [1.54, 1.807) is 26.0 Å². The maximum atomic E-state index is 5.27. The zero-order valence-electron chi connectivity index (χ0n) is 8.66. The first-order valence-corrected chi connectivity index (χ1v) is 5.51. The molecule has 1 rings (SSSR count). The first kappa shape index (κ1) is 11.4. The van der Waals surface area contributed by atoms with Crippen LogP contribution in [0, 0.1) is 0 Å². The van der Waals surface area contributed by atoms with Crippen LogP contribution < -0.4 is 10.2 Å². The van der Waals surface area contributed by atoms with E-state index in [4.69, 9.17) is 9.57 Å². The quantitative estimate of drug-likeness (QED) is 0.599. The molecule has 0 bridgehead atoms. The van der Waals surface area contributed by atoms with E-state index in [-0.39, 0.29) is 0 Å². The summed E-state index contributed by atoms with van der Waals surface area (Å²) >= 11 is 1.68. The van der Waals surface area contributed by atoms with E-state index in [1.165, 1.54) is 5.56 Å². The van der Waals surface area contributed by atoms with Gasteiger partial charge in [-0.15, -0.1) is 11.8 Å². The summed E-state index contributed by atoms with van der Waals surface area (Å²) in [4.78, 5) is 5.97. The van der Waals surface area contributed by atoms with Crippen molar-refractivity contribution in [3.8, 4) is 5.75 Å². The molecular formula is C10H15NO2S. The van der Waals surface area contributed by atoms with E-state index in [0.717, 1.165) is 10.6 Å². The van der Waals surface area contributed by atoms with Gasteiger partial charge >= 0.3 is 0 Å². The van der Waals surface area contributed by atoms with Gasteiger partial charge in [-0.25, -0.2) is 0 Å². The van der Waals surface area contributed by atoms with E-state index < -0.39 is 0 Å². The van der Waals surface area contributed by atoms with Crippen LogP contribution in [0.4, 0.5) is 0 Å². The second kappa shape index (κ2) is 5.90. The Kier molecular flexibility index (Phi) is 4.79. The van der Waals surface area contributed by atoms with Crippen molar-refractivity contribution in [2.24, 2.45) is 0 Å². The fraction of sp³-hybridized carbons (Fsp3) is 0.400. The summed E-state index contributed by atoms with van der Waals surface area (Å²) in [6.45, 7) is 0.684. The molecule has 0 heterocycles. The molecule has 0 amide bonds. The van der Waals surface area contributed by atoms with Crippen LogP contribution in [0.15, 0.2) is 23.1 Å². The molecule has 78 valence electrons. The fourth-order valence-electron chi connectivity index (χ4n) is 1.24. The van der Waals surface area contributed by atoms with Crippen LogP contribution in [-0.2, 0) is 11.4 Å². The van der Waals surface area contributed by atoms with Crippen molar-refractivity contribution in [2.45, 2.75) is 11.4 Å². The topological polar surface area (TPSA) is 30.5 Å². The largest absolute Gasteiger partial charge is 0.496 e. The summed E-state index contributed by atoms with van der Waals surface area (Å²) in [7, 11) is 3.29. The smallest absolute Gasteiger partial charge is 0.132 e. The van der Waals surface area contributed by atoms with Crippen molar-refractivity contribution in [3.63, 3.8) is 0 Å². The Morgan fingerprint density at radius 2 is 2.14 bits per heavy atom. The number of hydrogen-bond donors (Lipinski definition) is 1. The molecule has 0 spiro atoms. The standard InChI is InChI=1S/C10H15NO2S/c1-12-9-6-4-5-8(7-11-13-2)10(9)14-3/h4-6,11H,7H2,1-3H3. The minimum absolute atomic E-state index is 0.684. The molecule has 0 aliphatic carbocycles. The molecule has 0 aliphatic heterocycles. The third kappa shape index (κ3) is 2.64. The molecule has 1 aromatic rings. The number of nitrogens with one attached hydrogen (secondary N) is 1. The summed E-state index contributed by atoms with van der Waals surface area (Å²) < 4.78 is 5.27. The van der Waals surface area contributed by atoms with E-state index in [2.05, 4.69) is 11.5 Å². The SMILES string of the molecule is CONCc1cccc(OC)c1SC. The van der Waals surface area contributed by atoms with Crippen LogP contribution >= 0.6 is 11.8 Å². The third-order valence-electron chi connectivity index (χ3n) is 1.89. The molecule has 1 N–H and O–H groups in total. The summed E-state index contributed by atoms with van der Waals surface area (Å²) in [5, 5.41) is 0. The Morgan fingerprint density at radius 1 is 1.36 bits per heavy atom. The Bertz CT molecular complexity index is 291. The predicted octanol–water partition coefficient (Wildman–Crippen LogP) is 2.07. The number of thioether (sulfide) groups is 1. The summed E-state index contributed by atoms with van der Waals surface area (Å²) in [6, 6.07) is 5.99. The van der Waals surface area contributed by atoms with Crippen LogP contribution in [0.25, 0.3) is 0 Å². The zero-order chi connectivity index (χ0) is 10.4. The van der Waals surface area contributed by atoms with Gasteiger partial charge in [0.2, 0.25) is 0 Å². The van der Waals surface area contributed by atoms with E-state index in [9.17, 15) is 0 Å². The van der Waals surface area contributed by atoms with Crippen LogP contribution in [0.3, 0.4) is 0 Å². The number of ether oxygens (including phenoxy) is 1. The zero-order valence-corrected chi connectivity index (χ0v) is 9.48. The van der Waals surface area contributed by atoms with Crippen molar-refractivity contribution in [2.75, 3.05) is 20.5 Å². The van der Waals surface area contributed by atoms with Gasteiger partial charge in [0, 0.05) is 6.54 Å². The Morgan fingerprint density at radius 3 is 2.71 bits per heavy atom. The fourth-order valence-corrected chi connectivity index (χ4v) is 2.00. The predicted molar refractivity (Wildman–Crippen MR) is 58.6 cm³/mol. The van der Waals surface area contributed by atoms with Crippen LogP contribution in [0.1, 0.15) is 5.56 Å². The van der Waals surface area contributed by atoms with Gasteiger partial charge in [-0.3, -0.25) is 0 Å². The van der Waals surface area contributed by atoms with Crippen LogP contribution in [-0.4, -0.2) is 20.5 Å². The minimum Gasteiger partial charge on any atom is -0.496 e. The molecule has 0 saturated heterocycles. The molecule has 14 heavy (non-hydrogen) atoms. The molecule has 0 saturated carbocycles. The molecule has 0 aliphatic rings. The van der Waals surface area contributed by atoms with Gasteiger partial charge in [0.15, 0.2) is 0 Å². The Hall–Kier alpha value is -0.710. The number of benzene rings is 1. The van der Waals surface area contributed by atoms with Gasteiger partial charge in [-0.2, -0.15) is 5.48 Å². The van der Waals surface area contributed by atoms with Crippen LogP contribution in [0.5, 0.6) is 5.75 Å². The first-order valence-electron chi connectivity index (χ1n) is 4.29. The first-order chi connectivity index (χ1) is 6.83. The maximum Gasteiger partial charge on any atom is 0.132 e. The van der Waals surface area contributed by atoms with E-state index in [1.807, 2.05) is 18.4 Å². The highest BCUT2D eigenvalue weighted by Gasteiger charge is 2.06. The highest BCUT2D eigenvalue weighted by Crippen LogP contribution is 2.30. The Balaban J connectivity index is 2.90. The Labute approximate surface area is 88.7 Å². The van der Waals surface area contributed by atoms with Crippen molar-refractivity contribution in [1.29, 1.82) is 0 Å². The molecule has 0 atom stereocenters. The molecule has 1 aromatic carbocycles. The molecule has 4 heteroatoms. The summed E-state index contributed by atoms with van der Waals surface area (Å²) in [5.41, 5.74) is 4.00. The van der Waals surface area contributed by atoms with Crippen molar-refractivity contribution in [1.82, 2.24) is 5.48 Å². The van der Waals surface area contributed by atoms with Gasteiger partial charge < -0.3 is 9.57 Å². The van der Waals surface area contributed by atoms with Gasteiger partial charge in [0.1, 0.15) is 5.75 Å². The highest BCUT2D eigenvalue weighted by molar-refractivity contribution is 7.98. The molecule has 0 unspecified atom stereocenters. The lowest BCUT2D eigenvalue weighted by Crippen LogP contribution is -2.11. The normalized spacial score (nSPS) is 10.2. The number of hydroxylamine groups is 1. The lowest BCUT2D eigenvalue weighted by atomic mass is 10.2. The molecule has 0 aromatic heterocycles. The molecule has 0 radical (unpaired) electrons. The average molecular weight is 213 g/mol. The minimum atomic E-state index is 0.684. The maximum absolute atomic E-state index is 5.27. The highest BCUT2D eigenvalue weighted by atomic mass is 32.2. The number of hydrogen-bond acceptors (Lipinski definition) is 4. The third-order valence-corrected chi connectivity index (χ3v) is 2.76. The lowest BCUT2D eigenvalue weighted by Gasteiger charge is -2.11. The second-order valence-corrected chi connectivity index (χ2v) is 3.49. The molecule has 0 fully saturated rings. The summed E-state index contributed by atoms with van der Waals surface area (Å²) in [6.07, 6.45) is 2.04. The van der Waals surface area contributed by atoms with Crippen molar-refractivity contribution < 1.29 is 9.57 Å².